The minimum absolute atomic E-state index is 0.0391. The number of nitrogens with zero attached hydrogens (tertiary/aromatic N) is 1. The molecule has 0 aromatic heterocycles. The molecule has 1 amide bonds. The summed E-state index contributed by atoms with van der Waals surface area (Å²) in [6.45, 7) is 0. The van der Waals surface area contributed by atoms with Crippen molar-refractivity contribution in [1.29, 1.82) is 0 Å². The summed E-state index contributed by atoms with van der Waals surface area (Å²) in [5.74, 6) is -0.379. The smallest absolute Gasteiger partial charge is 0.300 e. The van der Waals surface area contributed by atoms with Crippen LogP contribution in [0, 0.1) is 0 Å². The number of carbonyl (C=O) groups excluding carboxylic acids is 2. The Morgan fingerprint density at radius 3 is 1.90 bits per heavy atom. The summed E-state index contributed by atoms with van der Waals surface area (Å²) >= 11 is 0. The van der Waals surface area contributed by atoms with Crippen molar-refractivity contribution in [3.8, 4) is 11.5 Å². The van der Waals surface area contributed by atoms with Gasteiger partial charge in [0.25, 0.3) is 11.7 Å². The zero-order chi connectivity index (χ0) is 22.0. The second-order valence-corrected chi connectivity index (χ2v) is 7.01. The number of hydrogen-bond acceptors (Lipinski definition) is 5. The fraction of sp³-hybridized carbons (Fsp3) is 0.120. The largest absolute Gasteiger partial charge is 0.507 e. The van der Waals surface area contributed by atoms with Gasteiger partial charge in [-0.25, -0.2) is 0 Å². The molecule has 0 radical (unpaired) electrons. The maximum absolute atomic E-state index is 13.1. The summed E-state index contributed by atoms with van der Waals surface area (Å²) in [4.78, 5) is 27.6. The van der Waals surface area contributed by atoms with Gasteiger partial charge in [0, 0.05) is 11.3 Å². The highest BCUT2D eigenvalue weighted by Crippen LogP contribution is 2.42. The van der Waals surface area contributed by atoms with Gasteiger partial charge in [0.2, 0.25) is 0 Å². The van der Waals surface area contributed by atoms with E-state index in [0.717, 1.165) is 0 Å². The van der Waals surface area contributed by atoms with Crippen LogP contribution in [0.25, 0.3) is 5.76 Å². The van der Waals surface area contributed by atoms with Crippen molar-refractivity contribution in [1.82, 2.24) is 0 Å². The van der Waals surface area contributed by atoms with Gasteiger partial charge in [-0.1, -0.05) is 42.5 Å². The lowest BCUT2D eigenvalue weighted by Crippen LogP contribution is -2.29. The minimum atomic E-state index is -0.792. The maximum atomic E-state index is 13.1. The number of hydrogen-bond donors (Lipinski definition) is 1. The number of ether oxygens (including phenoxy) is 2. The second kappa shape index (κ2) is 8.36. The van der Waals surface area contributed by atoms with Crippen LogP contribution >= 0.6 is 0 Å². The standard InChI is InChI=1S/C25H21NO5/c1-30-19-12-8-16(9-13-19)22-21(23(27)17-6-4-3-5-7-17)24(28)25(29)26(22)18-10-14-20(31-2)15-11-18/h3-15,22,27H,1-2H3/b23-21-. The lowest BCUT2D eigenvalue weighted by Gasteiger charge is -2.25. The van der Waals surface area contributed by atoms with Crippen molar-refractivity contribution in [3.63, 3.8) is 0 Å². The summed E-state index contributed by atoms with van der Waals surface area (Å²) in [6, 6.07) is 21.9. The molecule has 1 atom stereocenters. The van der Waals surface area contributed by atoms with Crippen molar-refractivity contribution >= 4 is 23.1 Å². The van der Waals surface area contributed by atoms with Gasteiger partial charge in [-0.05, 0) is 42.0 Å². The SMILES string of the molecule is COc1ccc(C2/C(=C(/O)c3ccccc3)C(=O)C(=O)N2c2ccc(OC)cc2)cc1. The number of aliphatic hydroxyl groups excluding tert-OH is 1. The highest BCUT2D eigenvalue weighted by atomic mass is 16.5. The Morgan fingerprint density at radius 2 is 1.35 bits per heavy atom. The van der Waals surface area contributed by atoms with Crippen LogP contribution in [0.1, 0.15) is 17.2 Å². The Hall–Kier alpha value is -4.06. The first-order valence-electron chi connectivity index (χ1n) is 9.69. The van der Waals surface area contributed by atoms with Gasteiger partial charge < -0.3 is 14.6 Å². The summed E-state index contributed by atoms with van der Waals surface area (Å²) in [7, 11) is 3.12. The van der Waals surface area contributed by atoms with Crippen LogP contribution in [0.15, 0.2) is 84.4 Å². The highest BCUT2D eigenvalue weighted by molar-refractivity contribution is 6.51. The Morgan fingerprint density at radius 1 is 0.806 bits per heavy atom. The third-order valence-electron chi connectivity index (χ3n) is 5.27. The average molecular weight is 415 g/mol. The minimum Gasteiger partial charge on any atom is -0.507 e. The number of ketones is 1. The third-order valence-corrected chi connectivity index (χ3v) is 5.27. The van der Waals surface area contributed by atoms with Crippen LogP contribution in [-0.4, -0.2) is 31.0 Å². The molecule has 3 aromatic carbocycles. The Labute approximate surface area is 180 Å². The number of carbonyl (C=O) groups is 2. The van der Waals surface area contributed by atoms with Crippen LogP contribution < -0.4 is 14.4 Å². The first-order chi connectivity index (χ1) is 15.0. The van der Waals surface area contributed by atoms with E-state index in [4.69, 9.17) is 9.47 Å². The van der Waals surface area contributed by atoms with Crippen LogP contribution in [0.3, 0.4) is 0 Å². The molecule has 4 rings (SSSR count). The molecular formula is C25H21NO5. The van der Waals surface area contributed by atoms with Crippen LogP contribution in [0.2, 0.25) is 0 Å². The van der Waals surface area contributed by atoms with Gasteiger partial charge in [-0.2, -0.15) is 0 Å². The molecule has 0 bridgehead atoms. The predicted octanol–water partition coefficient (Wildman–Crippen LogP) is 4.33. The number of rotatable bonds is 5. The maximum Gasteiger partial charge on any atom is 0.300 e. The van der Waals surface area contributed by atoms with E-state index in [1.807, 2.05) is 6.07 Å². The van der Waals surface area contributed by atoms with Gasteiger partial charge in [0.1, 0.15) is 17.3 Å². The van der Waals surface area contributed by atoms with E-state index in [-0.39, 0.29) is 11.3 Å². The Bertz CT molecular complexity index is 1130. The van der Waals surface area contributed by atoms with Crippen molar-refractivity contribution in [3.05, 3.63) is 95.6 Å². The van der Waals surface area contributed by atoms with Gasteiger partial charge in [0.15, 0.2) is 0 Å². The van der Waals surface area contributed by atoms with E-state index in [1.54, 1.807) is 87.0 Å². The molecule has 0 aliphatic carbocycles. The van der Waals surface area contributed by atoms with Crippen LogP contribution in [-0.2, 0) is 9.59 Å². The molecule has 1 heterocycles. The second-order valence-electron chi connectivity index (χ2n) is 7.01. The summed E-state index contributed by atoms with van der Waals surface area (Å²) in [6.07, 6.45) is 0. The molecule has 0 saturated carbocycles. The van der Waals surface area contributed by atoms with Gasteiger partial charge >= 0.3 is 0 Å². The van der Waals surface area contributed by atoms with Crippen LogP contribution in [0.4, 0.5) is 5.69 Å². The number of Topliss-reactive ketones (excluding diaryl/α,β-unsaturated/α-hetero) is 1. The van der Waals surface area contributed by atoms with E-state index in [9.17, 15) is 14.7 Å². The topological polar surface area (TPSA) is 76.1 Å². The first-order valence-corrected chi connectivity index (χ1v) is 9.69. The molecule has 6 nitrogen and oxygen atoms in total. The Balaban J connectivity index is 1.90. The van der Waals surface area contributed by atoms with E-state index in [2.05, 4.69) is 0 Å². The monoisotopic (exact) mass is 415 g/mol. The molecule has 156 valence electrons. The highest BCUT2D eigenvalue weighted by Gasteiger charge is 2.46. The van der Waals surface area contributed by atoms with Gasteiger partial charge in [-0.3, -0.25) is 14.5 Å². The molecule has 1 unspecified atom stereocenters. The number of amides is 1. The van der Waals surface area contributed by atoms with Gasteiger partial charge in [0.05, 0.1) is 25.8 Å². The molecule has 1 saturated heterocycles. The number of benzene rings is 3. The molecular weight excluding hydrogens is 394 g/mol. The number of aliphatic hydroxyl groups is 1. The van der Waals surface area contributed by atoms with Crippen LogP contribution in [0.5, 0.6) is 11.5 Å². The normalized spacial score (nSPS) is 17.6. The quantitative estimate of drug-likeness (QED) is 0.381. The van der Waals surface area contributed by atoms with Crippen molar-refractivity contribution in [2.24, 2.45) is 0 Å². The fourth-order valence-electron chi connectivity index (χ4n) is 3.69. The lowest BCUT2D eigenvalue weighted by molar-refractivity contribution is -0.132. The number of anilines is 1. The Kier molecular flexibility index (Phi) is 5.45. The molecule has 1 N–H and O–H groups in total. The van der Waals surface area contributed by atoms with Crippen molar-refractivity contribution in [2.45, 2.75) is 6.04 Å². The zero-order valence-electron chi connectivity index (χ0n) is 17.1. The molecule has 6 heteroatoms. The molecule has 0 spiro atoms. The molecule has 1 fully saturated rings. The lowest BCUT2D eigenvalue weighted by atomic mass is 9.95. The van der Waals surface area contributed by atoms with Crippen molar-refractivity contribution < 1.29 is 24.2 Å². The first kappa shape index (κ1) is 20.2. The molecule has 1 aliphatic heterocycles. The zero-order valence-corrected chi connectivity index (χ0v) is 17.1. The van der Waals surface area contributed by atoms with E-state index < -0.39 is 17.7 Å². The predicted molar refractivity (Wildman–Crippen MR) is 117 cm³/mol. The molecule has 3 aromatic rings. The fourth-order valence-corrected chi connectivity index (χ4v) is 3.69. The summed E-state index contributed by atoms with van der Waals surface area (Å²) in [5, 5.41) is 11.0. The van der Waals surface area contributed by atoms with E-state index >= 15 is 0 Å². The molecule has 31 heavy (non-hydrogen) atoms. The van der Waals surface area contributed by atoms with E-state index in [0.29, 0.717) is 28.3 Å². The van der Waals surface area contributed by atoms with Crippen molar-refractivity contribution in [2.75, 3.05) is 19.1 Å². The summed E-state index contributed by atoms with van der Waals surface area (Å²) in [5.41, 5.74) is 1.70. The third kappa shape index (κ3) is 3.64. The average Bonchev–Trinajstić information content (AvgIpc) is 3.09. The molecule has 1 aliphatic rings. The summed E-state index contributed by atoms with van der Waals surface area (Å²) < 4.78 is 10.4. The number of methoxy groups -OCH3 is 2. The van der Waals surface area contributed by atoms with Gasteiger partial charge in [-0.15, -0.1) is 0 Å². The van der Waals surface area contributed by atoms with E-state index in [1.165, 1.54) is 4.90 Å².